The second-order valence-electron chi connectivity index (χ2n) is 6.66. The number of oxime groups is 1. The summed E-state index contributed by atoms with van der Waals surface area (Å²) in [7, 11) is 1.35. The van der Waals surface area contributed by atoms with E-state index in [0.717, 1.165) is 17.7 Å². The quantitative estimate of drug-likeness (QED) is 0.517. The lowest BCUT2D eigenvalue weighted by Crippen LogP contribution is -2.42. The number of nitrogens with zero attached hydrogens (tertiary/aromatic N) is 2. The first-order chi connectivity index (χ1) is 13.9. The second-order valence-corrected chi connectivity index (χ2v) is 6.66. The Balaban J connectivity index is 1.65. The number of carbonyl (C=O) groups is 1. The van der Waals surface area contributed by atoms with Gasteiger partial charge < -0.3 is 19.2 Å². The lowest BCUT2D eigenvalue weighted by molar-refractivity contribution is -0.129. The normalized spacial score (nSPS) is 16.8. The predicted octanol–water partition coefficient (Wildman–Crippen LogP) is 4.01. The summed E-state index contributed by atoms with van der Waals surface area (Å²) in [6, 6.07) is 12.2. The molecule has 29 heavy (non-hydrogen) atoms. The predicted molar refractivity (Wildman–Crippen MR) is 105 cm³/mol. The molecule has 6 nitrogen and oxygen atoms in total. The number of ether oxygens (including phenoxy) is 2. The van der Waals surface area contributed by atoms with Crippen LogP contribution in [0.25, 0.3) is 0 Å². The van der Waals surface area contributed by atoms with Gasteiger partial charge in [0.1, 0.15) is 0 Å². The minimum Gasteiger partial charge on any atom is -0.493 e. The van der Waals surface area contributed by atoms with Gasteiger partial charge in [-0.3, -0.25) is 4.79 Å². The maximum Gasteiger partial charge on any atom is 0.387 e. The first kappa shape index (κ1) is 20.6. The molecule has 1 heterocycles. The Morgan fingerprint density at radius 3 is 2.72 bits per heavy atom. The monoisotopic (exact) mass is 404 g/mol. The van der Waals surface area contributed by atoms with Gasteiger partial charge in [0.05, 0.1) is 13.3 Å². The average molecular weight is 404 g/mol. The third-order valence-electron chi connectivity index (χ3n) is 4.62. The van der Waals surface area contributed by atoms with Crippen molar-refractivity contribution in [3.63, 3.8) is 0 Å². The van der Waals surface area contributed by atoms with Crippen LogP contribution in [0.1, 0.15) is 25.0 Å². The van der Waals surface area contributed by atoms with Crippen LogP contribution in [0.5, 0.6) is 11.5 Å². The van der Waals surface area contributed by atoms with Crippen molar-refractivity contribution in [1.82, 2.24) is 0 Å². The van der Waals surface area contributed by atoms with Gasteiger partial charge in [-0.15, -0.1) is 0 Å². The van der Waals surface area contributed by atoms with Gasteiger partial charge in [0, 0.05) is 17.3 Å². The summed E-state index contributed by atoms with van der Waals surface area (Å²) in [6.07, 6.45) is 1.38. The van der Waals surface area contributed by atoms with E-state index >= 15 is 0 Å². The summed E-state index contributed by atoms with van der Waals surface area (Å²) in [5.41, 5.74) is 2.56. The van der Waals surface area contributed by atoms with E-state index in [1.165, 1.54) is 31.5 Å². The number of hydrogen-bond acceptors (Lipinski definition) is 5. The zero-order valence-corrected chi connectivity index (χ0v) is 16.3. The van der Waals surface area contributed by atoms with E-state index in [-0.39, 0.29) is 23.4 Å². The van der Waals surface area contributed by atoms with E-state index in [2.05, 4.69) is 9.89 Å². The average Bonchev–Trinajstić information content (AvgIpc) is 3.03. The number of para-hydroxylation sites is 1. The molecule has 0 radical (unpaired) electrons. The number of benzene rings is 2. The van der Waals surface area contributed by atoms with E-state index in [9.17, 15) is 13.6 Å². The zero-order chi connectivity index (χ0) is 21.0. The highest BCUT2D eigenvalue weighted by Gasteiger charge is 2.33. The number of amides is 1. The Morgan fingerprint density at radius 1 is 1.24 bits per heavy atom. The zero-order valence-electron chi connectivity index (χ0n) is 16.3. The number of fused-ring (bicyclic) bond motifs is 1. The van der Waals surface area contributed by atoms with Crippen LogP contribution in [0.15, 0.2) is 47.6 Å². The molecule has 0 saturated carbocycles. The molecule has 2 aromatic carbocycles. The fourth-order valence-corrected chi connectivity index (χ4v) is 3.28. The van der Waals surface area contributed by atoms with Crippen LogP contribution in [0.2, 0.25) is 0 Å². The van der Waals surface area contributed by atoms with Crippen LogP contribution < -0.4 is 14.4 Å². The summed E-state index contributed by atoms with van der Waals surface area (Å²) in [4.78, 5) is 19.9. The van der Waals surface area contributed by atoms with Crippen molar-refractivity contribution in [2.24, 2.45) is 5.16 Å². The van der Waals surface area contributed by atoms with Gasteiger partial charge in [-0.1, -0.05) is 23.4 Å². The molecule has 0 N–H and O–H groups in total. The number of methoxy groups -OCH3 is 1. The highest BCUT2D eigenvalue weighted by Crippen LogP contribution is 2.32. The molecule has 0 saturated heterocycles. The first-order valence-corrected chi connectivity index (χ1v) is 9.13. The number of hydrogen-bond donors (Lipinski definition) is 0. The molecule has 3 rings (SSSR count). The molecule has 1 aliphatic rings. The Morgan fingerprint density at radius 2 is 2.00 bits per heavy atom. The van der Waals surface area contributed by atoms with E-state index in [1.54, 1.807) is 11.8 Å². The summed E-state index contributed by atoms with van der Waals surface area (Å²) < 4.78 is 34.2. The molecule has 0 unspecified atom stereocenters. The number of anilines is 1. The van der Waals surface area contributed by atoms with E-state index in [1.807, 2.05) is 31.2 Å². The van der Waals surface area contributed by atoms with Gasteiger partial charge in [-0.2, -0.15) is 8.78 Å². The summed E-state index contributed by atoms with van der Waals surface area (Å²) in [5.74, 6) is -0.121. The Bertz CT molecular complexity index is 904. The van der Waals surface area contributed by atoms with Crippen LogP contribution in [0.3, 0.4) is 0 Å². The standard InChI is InChI=1S/C21H22F2N2O4/c1-13-10-16-6-4-5-7-17(16)25(13)20(26)14(2)29-24-12-15-8-9-18(28-21(22)23)19(11-15)27-3/h4-9,11-14,21H,10H2,1-3H3/b24-12-/t13-,14-/m1/s1. The molecule has 0 spiro atoms. The lowest BCUT2D eigenvalue weighted by Gasteiger charge is -2.24. The van der Waals surface area contributed by atoms with Gasteiger partial charge in [0.25, 0.3) is 5.91 Å². The minimum absolute atomic E-state index is 0.0431. The molecule has 0 fully saturated rings. The maximum absolute atomic E-state index is 12.8. The summed E-state index contributed by atoms with van der Waals surface area (Å²) >= 11 is 0. The van der Waals surface area contributed by atoms with Crippen LogP contribution in [-0.4, -0.2) is 38.0 Å². The number of carbonyl (C=O) groups excluding carboxylic acids is 1. The Labute approximate surface area is 167 Å². The van der Waals surface area contributed by atoms with Crippen molar-refractivity contribution in [1.29, 1.82) is 0 Å². The van der Waals surface area contributed by atoms with Crippen molar-refractivity contribution < 1.29 is 27.9 Å². The van der Waals surface area contributed by atoms with E-state index in [0.29, 0.717) is 5.56 Å². The molecular weight excluding hydrogens is 382 g/mol. The van der Waals surface area contributed by atoms with Gasteiger partial charge >= 0.3 is 6.61 Å². The molecule has 154 valence electrons. The molecule has 0 aliphatic carbocycles. The van der Waals surface area contributed by atoms with E-state index in [4.69, 9.17) is 9.57 Å². The van der Waals surface area contributed by atoms with Gasteiger partial charge in [-0.05, 0) is 50.1 Å². The highest BCUT2D eigenvalue weighted by molar-refractivity contribution is 5.98. The van der Waals surface area contributed by atoms with Gasteiger partial charge in [0.2, 0.25) is 6.10 Å². The van der Waals surface area contributed by atoms with Gasteiger partial charge in [0.15, 0.2) is 11.5 Å². The van der Waals surface area contributed by atoms with Crippen molar-refractivity contribution in [2.45, 2.75) is 39.0 Å². The summed E-state index contributed by atoms with van der Waals surface area (Å²) in [6.45, 7) is 0.674. The largest absolute Gasteiger partial charge is 0.493 e. The molecular formula is C21H22F2N2O4. The number of halogens is 2. The van der Waals surface area contributed by atoms with Crippen LogP contribution in [-0.2, 0) is 16.1 Å². The third kappa shape index (κ3) is 4.64. The SMILES string of the molecule is COc1cc(/C=N\O[C@H](C)C(=O)N2c3ccccc3C[C@H]2C)ccc1OC(F)F. The van der Waals surface area contributed by atoms with Crippen molar-refractivity contribution in [3.05, 3.63) is 53.6 Å². The van der Waals surface area contributed by atoms with Crippen LogP contribution >= 0.6 is 0 Å². The molecule has 1 amide bonds. The lowest BCUT2D eigenvalue weighted by atomic mass is 10.1. The van der Waals surface area contributed by atoms with Crippen molar-refractivity contribution in [3.8, 4) is 11.5 Å². The molecule has 8 heteroatoms. The second kappa shape index (κ2) is 8.89. The molecule has 0 bridgehead atoms. The van der Waals surface area contributed by atoms with E-state index < -0.39 is 12.7 Å². The Kier molecular flexibility index (Phi) is 6.31. The Hall–Kier alpha value is -3.16. The van der Waals surface area contributed by atoms with Crippen molar-refractivity contribution >= 4 is 17.8 Å². The first-order valence-electron chi connectivity index (χ1n) is 9.13. The van der Waals surface area contributed by atoms with Crippen LogP contribution in [0, 0.1) is 0 Å². The minimum atomic E-state index is -2.95. The number of rotatable bonds is 7. The summed E-state index contributed by atoms with van der Waals surface area (Å²) in [5, 5.41) is 3.86. The fraction of sp³-hybridized carbons (Fsp3) is 0.333. The topological polar surface area (TPSA) is 60.4 Å². The van der Waals surface area contributed by atoms with Crippen molar-refractivity contribution in [2.75, 3.05) is 12.0 Å². The molecule has 2 aromatic rings. The van der Waals surface area contributed by atoms with Crippen LogP contribution in [0.4, 0.5) is 14.5 Å². The molecule has 1 aliphatic heterocycles. The molecule has 0 aromatic heterocycles. The molecule has 2 atom stereocenters. The number of alkyl halides is 2. The fourth-order valence-electron chi connectivity index (χ4n) is 3.28. The van der Waals surface area contributed by atoms with Gasteiger partial charge in [-0.25, -0.2) is 0 Å². The maximum atomic E-state index is 12.8. The third-order valence-corrected chi connectivity index (χ3v) is 4.62. The highest BCUT2D eigenvalue weighted by atomic mass is 19.3. The smallest absolute Gasteiger partial charge is 0.387 e.